The lowest BCUT2D eigenvalue weighted by atomic mass is 10.1. The molecule has 0 amide bonds. The third kappa shape index (κ3) is 2.69. The molecule has 0 aliphatic heterocycles. The molecule has 2 nitrogen and oxygen atoms in total. The molecule has 1 atom stereocenters. The Bertz CT molecular complexity index is 716. The van der Waals surface area contributed by atoms with Gasteiger partial charge in [-0.2, -0.15) is 0 Å². The largest absolute Gasteiger partial charge is 0.489 e. The van der Waals surface area contributed by atoms with E-state index in [2.05, 4.69) is 23.6 Å². The number of rotatable bonds is 4. The third-order valence-corrected chi connectivity index (χ3v) is 4.31. The first-order chi connectivity index (χ1) is 9.74. The van der Waals surface area contributed by atoms with Crippen LogP contribution in [0.25, 0.3) is 10.1 Å². The summed E-state index contributed by atoms with van der Waals surface area (Å²) in [5, 5.41) is 13.0. The molecular formula is C17H16O2S. The van der Waals surface area contributed by atoms with E-state index in [0.29, 0.717) is 6.61 Å². The number of fused-ring (bicyclic) bond motifs is 1. The summed E-state index contributed by atoms with van der Waals surface area (Å²) in [4.78, 5) is 0. The maximum atomic E-state index is 9.59. The van der Waals surface area contributed by atoms with Gasteiger partial charge in [0.05, 0.1) is 6.10 Å². The molecule has 0 bridgehead atoms. The highest BCUT2D eigenvalue weighted by Gasteiger charge is 2.06. The topological polar surface area (TPSA) is 29.5 Å². The van der Waals surface area contributed by atoms with Crippen molar-refractivity contribution in [1.82, 2.24) is 0 Å². The van der Waals surface area contributed by atoms with Crippen LogP contribution in [0.5, 0.6) is 5.75 Å². The van der Waals surface area contributed by atoms with E-state index in [-0.39, 0.29) is 0 Å². The van der Waals surface area contributed by atoms with Gasteiger partial charge in [0.1, 0.15) is 12.4 Å². The Morgan fingerprint density at radius 1 is 1.15 bits per heavy atom. The van der Waals surface area contributed by atoms with Crippen molar-refractivity contribution in [2.45, 2.75) is 19.6 Å². The zero-order chi connectivity index (χ0) is 13.9. The Balaban J connectivity index is 1.78. The van der Waals surface area contributed by atoms with Crippen LogP contribution in [0.15, 0.2) is 53.9 Å². The summed E-state index contributed by atoms with van der Waals surface area (Å²) in [7, 11) is 0. The zero-order valence-electron chi connectivity index (χ0n) is 11.2. The second kappa shape index (κ2) is 5.65. The lowest BCUT2D eigenvalue weighted by molar-refractivity contribution is 0.198. The number of benzene rings is 2. The summed E-state index contributed by atoms with van der Waals surface area (Å²) in [5.74, 6) is 0.790. The molecule has 3 rings (SSSR count). The minimum Gasteiger partial charge on any atom is -0.489 e. The van der Waals surface area contributed by atoms with Crippen LogP contribution < -0.4 is 4.74 Å². The van der Waals surface area contributed by atoms with Crippen molar-refractivity contribution < 1.29 is 9.84 Å². The summed E-state index contributed by atoms with van der Waals surface area (Å²) < 4.78 is 7.13. The minimum absolute atomic E-state index is 0.472. The normalized spacial score (nSPS) is 12.5. The molecule has 0 aliphatic rings. The van der Waals surface area contributed by atoms with E-state index in [1.54, 1.807) is 18.3 Å². The lowest BCUT2D eigenvalue weighted by Crippen LogP contribution is -1.96. The van der Waals surface area contributed by atoms with Crippen molar-refractivity contribution >= 4 is 21.4 Å². The summed E-state index contributed by atoms with van der Waals surface area (Å²) in [5.41, 5.74) is 2.07. The third-order valence-electron chi connectivity index (χ3n) is 3.30. The Hall–Kier alpha value is -1.84. The lowest BCUT2D eigenvalue weighted by Gasteiger charge is -2.09. The van der Waals surface area contributed by atoms with Crippen molar-refractivity contribution in [1.29, 1.82) is 0 Å². The van der Waals surface area contributed by atoms with E-state index in [1.165, 1.54) is 15.6 Å². The number of hydrogen-bond acceptors (Lipinski definition) is 3. The summed E-state index contributed by atoms with van der Waals surface area (Å²) in [6.45, 7) is 2.30. The van der Waals surface area contributed by atoms with Crippen LogP contribution in [0.2, 0.25) is 0 Å². The molecule has 2 aromatic carbocycles. The van der Waals surface area contributed by atoms with Gasteiger partial charge in [-0.05, 0) is 41.5 Å². The molecule has 0 aliphatic carbocycles. The van der Waals surface area contributed by atoms with Crippen molar-refractivity contribution in [3.63, 3.8) is 0 Å². The molecule has 1 N–H and O–H groups in total. The highest BCUT2D eigenvalue weighted by atomic mass is 32.1. The number of ether oxygens (including phenoxy) is 1. The van der Waals surface area contributed by atoms with E-state index in [9.17, 15) is 5.11 Å². The van der Waals surface area contributed by atoms with Crippen LogP contribution in [0.4, 0.5) is 0 Å². The second-order valence-corrected chi connectivity index (χ2v) is 5.71. The van der Waals surface area contributed by atoms with Crippen LogP contribution in [0, 0.1) is 0 Å². The van der Waals surface area contributed by atoms with Gasteiger partial charge in [-0.15, -0.1) is 11.3 Å². The average Bonchev–Trinajstić information content (AvgIpc) is 2.89. The molecule has 3 aromatic rings. The Morgan fingerprint density at radius 2 is 2.00 bits per heavy atom. The van der Waals surface area contributed by atoms with Crippen molar-refractivity contribution in [3.05, 3.63) is 65.0 Å². The second-order valence-electron chi connectivity index (χ2n) is 4.79. The van der Waals surface area contributed by atoms with E-state index >= 15 is 0 Å². The molecule has 1 heterocycles. The molecule has 3 heteroatoms. The molecule has 0 radical (unpaired) electrons. The quantitative estimate of drug-likeness (QED) is 0.762. The van der Waals surface area contributed by atoms with E-state index in [1.807, 2.05) is 30.3 Å². The molecule has 0 saturated carbocycles. The van der Waals surface area contributed by atoms with Gasteiger partial charge in [-0.25, -0.2) is 0 Å². The van der Waals surface area contributed by atoms with Crippen molar-refractivity contribution in [3.8, 4) is 5.75 Å². The molecule has 102 valence electrons. The van der Waals surface area contributed by atoms with Crippen molar-refractivity contribution in [2.24, 2.45) is 0 Å². The fourth-order valence-corrected chi connectivity index (χ4v) is 3.12. The first kappa shape index (κ1) is 13.2. The van der Waals surface area contributed by atoms with Gasteiger partial charge in [0, 0.05) is 10.3 Å². The molecule has 0 saturated heterocycles. The first-order valence-corrected chi connectivity index (χ1v) is 7.48. The van der Waals surface area contributed by atoms with Crippen LogP contribution in [-0.4, -0.2) is 5.11 Å². The molecule has 1 aromatic heterocycles. The zero-order valence-corrected chi connectivity index (χ0v) is 12.1. The maximum absolute atomic E-state index is 9.59. The number of aliphatic hydroxyl groups is 1. The molecule has 0 unspecified atom stereocenters. The predicted octanol–water partition coefficient (Wildman–Crippen LogP) is 4.53. The molecule has 0 spiro atoms. The van der Waals surface area contributed by atoms with Gasteiger partial charge in [0.25, 0.3) is 0 Å². The van der Waals surface area contributed by atoms with Gasteiger partial charge in [-0.3, -0.25) is 0 Å². The Morgan fingerprint density at radius 3 is 2.85 bits per heavy atom. The number of aliphatic hydroxyl groups excluding tert-OH is 1. The monoisotopic (exact) mass is 284 g/mol. The highest BCUT2D eigenvalue weighted by molar-refractivity contribution is 7.17. The van der Waals surface area contributed by atoms with Gasteiger partial charge in [0.15, 0.2) is 0 Å². The van der Waals surface area contributed by atoms with E-state index in [0.717, 1.165) is 11.3 Å². The maximum Gasteiger partial charge on any atom is 0.120 e. The predicted molar refractivity (Wildman–Crippen MR) is 83.2 cm³/mol. The Kier molecular flexibility index (Phi) is 3.72. The van der Waals surface area contributed by atoms with Crippen molar-refractivity contribution in [2.75, 3.05) is 0 Å². The summed E-state index contributed by atoms with van der Waals surface area (Å²) in [6, 6.07) is 16.0. The van der Waals surface area contributed by atoms with Crippen LogP contribution in [0.1, 0.15) is 24.2 Å². The van der Waals surface area contributed by atoms with Gasteiger partial charge in [0.2, 0.25) is 0 Å². The number of hydrogen-bond donors (Lipinski definition) is 1. The summed E-state index contributed by atoms with van der Waals surface area (Å²) in [6.07, 6.45) is -0.472. The van der Waals surface area contributed by atoms with Gasteiger partial charge >= 0.3 is 0 Å². The van der Waals surface area contributed by atoms with E-state index < -0.39 is 6.10 Å². The van der Waals surface area contributed by atoms with Crippen LogP contribution in [-0.2, 0) is 6.61 Å². The average molecular weight is 284 g/mol. The van der Waals surface area contributed by atoms with Gasteiger partial charge < -0.3 is 9.84 Å². The highest BCUT2D eigenvalue weighted by Crippen LogP contribution is 2.27. The van der Waals surface area contributed by atoms with E-state index in [4.69, 9.17) is 4.74 Å². The smallest absolute Gasteiger partial charge is 0.120 e. The number of thiophene rings is 1. The Labute approximate surface area is 122 Å². The van der Waals surface area contributed by atoms with Crippen LogP contribution in [0.3, 0.4) is 0 Å². The summed E-state index contributed by atoms with van der Waals surface area (Å²) >= 11 is 1.74. The standard InChI is InChI=1S/C17H16O2S/c1-12(18)13-5-4-6-15(9-13)19-10-14-11-20-17-8-3-2-7-16(14)17/h2-9,11-12,18H,10H2,1H3/t12-/m1/s1. The fourth-order valence-electron chi connectivity index (χ4n) is 2.17. The minimum atomic E-state index is -0.472. The molecular weight excluding hydrogens is 268 g/mol. The van der Waals surface area contributed by atoms with Crippen LogP contribution >= 0.6 is 11.3 Å². The molecule has 0 fully saturated rings. The fraction of sp³-hybridized carbons (Fsp3) is 0.176. The SMILES string of the molecule is C[C@@H](O)c1cccc(OCc2csc3ccccc23)c1. The molecule has 20 heavy (non-hydrogen) atoms. The van der Waals surface area contributed by atoms with Gasteiger partial charge in [-0.1, -0.05) is 30.3 Å². The first-order valence-electron chi connectivity index (χ1n) is 6.60.